The number of ether oxygens (including phenoxy) is 2. The summed E-state index contributed by atoms with van der Waals surface area (Å²) < 4.78 is 10.6. The Labute approximate surface area is 136 Å². The van der Waals surface area contributed by atoms with Gasteiger partial charge in [0.1, 0.15) is 11.3 Å². The maximum absolute atomic E-state index is 12.1. The van der Waals surface area contributed by atoms with E-state index < -0.39 is 11.7 Å². The first-order chi connectivity index (χ1) is 10.9. The third-order valence-electron chi connectivity index (χ3n) is 3.06. The second-order valence-corrected chi connectivity index (χ2v) is 6.14. The normalized spacial score (nSPS) is 11.0. The van der Waals surface area contributed by atoms with E-state index in [4.69, 9.17) is 9.47 Å². The number of carbonyl (C=O) groups excluding carboxylic acids is 1. The molecule has 0 spiro atoms. The van der Waals surface area contributed by atoms with Gasteiger partial charge in [-0.15, -0.1) is 0 Å². The lowest BCUT2D eigenvalue weighted by Gasteiger charge is -2.21. The zero-order valence-electron chi connectivity index (χ0n) is 13.9. The minimum Gasteiger partial charge on any atom is -0.480 e. The lowest BCUT2D eigenvalue weighted by molar-refractivity contribution is 0.0635. The molecule has 122 valence electrons. The largest absolute Gasteiger partial charge is 0.480 e. The van der Waals surface area contributed by atoms with Gasteiger partial charge in [0.2, 0.25) is 5.88 Å². The van der Waals surface area contributed by atoms with Gasteiger partial charge in [0.25, 0.3) is 0 Å². The number of nitrogens with zero attached hydrogens (tertiary/aromatic N) is 1. The van der Waals surface area contributed by atoms with Gasteiger partial charge in [0.05, 0.1) is 7.11 Å². The number of hydrogen-bond acceptors (Lipinski definition) is 4. The van der Waals surface area contributed by atoms with Crippen molar-refractivity contribution in [3.63, 3.8) is 0 Å². The molecule has 5 heteroatoms. The molecule has 0 radical (unpaired) electrons. The van der Waals surface area contributed by atoms with Crippen LogP contribution >= 0.6 is 0 Å². The Kier molecular flexibility index (Phi) is 5.21. The van der Waals surface area contributed by atoms with Crippen LogP contribution in [0.3, 0.4) is 0 Å². The standard InChI is InChI=1S/C18H22N2O3/c1-18(2,3)23-17(21)20-15-14(10-11-19-16(15)22-4)12-13-8-6-5-7-9-13/h5-11H,12H2,1-4H3,(H,20,21). The SMILES string of the molecule is COc1nccc(Cc2ccccc2)c1NC(=O)OC(C)(C)C. The second-order valence-electron chi connectivity index (χ2n) is 6.14. The van der Waals surface area contributed by atoms with Gasteiger partial charge >= 0.3 is 6.09 Å². The van der Waals surface area contributed by atoms with E-state index in [0.29, 0.717) is 18.0 Å². The fourth-order valence-corrected chi connectivity index (χ4v) is 2.14. The Morgan fingerprint density at radius 1 is 1.17 bits per heavy atom. The van der Waals surface area contributed by atoms with Crippen LogP contribution < -0.4 is 10.1 Å². The summed E-state index contributed by atoms with van der Waals surface area (Å²) in [6.07, 6.45) is 1.79. The summed E-state index contributed by atoms with van der Waals surface area (Å²) in [7, 11) is 1.52. The molecule has 1 aromatic heterocycles. The Balaban J connectivity index is 2.27. The fourth-order valence-electron chi connectivity index (χ4n) is 2.14. The number of pyridine rings is 1. The van der Waals surface area contributed by atoms with Crippen LogP contribution in [0.25, 0.3) is 0 Å². The van der Waals surface area contributed by atoms with Crippen molar-refractivity contribution >= 4 is 11.8 Å². The highest BCUT2D eigenvalue weighted by atomic mass is 16.6. The van der Waals surface area contributed by atoms with E-state index in [9.17, 15) is 4.79 Å². The average molecular weight is 314 g/mol. The van der Waals surface area contributed by atoms with E-state index in [1.165, 1.54) is 7.11 Å². The van der Waals surface area contributed by atoms with Gasteiger partial charge in [0.15, 0.2) is 0 Å². The zero-order chi connectivity index (χ0) is 16.9. The van der Waals surface area contributed by atoms with Gasteiger partial charge in [-0.3, -0.25) is 5.32 Å². The molecule has 0 bridgehead atoms. The number of benzene rings is 1. The Hall–Kier alpha value is -2.56. The highest BCUT2D eigenvalue weighted by molar-refractivity contribution is 5.87. The molecular formula is C18H22N2O3. The molecule has 2 rings (SSSR count). The van der Waals surface area contributed by atoms with Gasteiger partial charge in [-0.2, -0.15) is 0 Å². The lowest BCUT2D eigenvalue weighted by atomic mass is 10.0. The minimum absolute atomic E-state index is 0.365. The minimum atomic E-state index is -0.570. The molecule has 2 aromatic rings. The molecule has 1 N–H and O–H groups in total. The van der Waals surface area contributed by atoms with Crippen molar-refractivity contribution in [2.24, 2.45) is 0 Å². The predicted octanol–water partition coefficient (Wildman–Crippen LogP) is 4.03. The van der Waals surface area contributed by atoms with E-state index in [-0.39, 0.29) is 0 Å². The van der Waals surface area contributed by atoms with E-state index in [1.807, 2.05) is 57.2 Å². The summed E-state index contributed by atoms with van der Waals surface area (Å²) in [6, 6.07) is 11.9. The van der Waals surface area contributed by atoms with Crippen molar-refractivity contribution in [1.29, 1.82) is 0 Å². The number of anilines is 1. The number of nitrogens with one attached hydrogen (secondary N) is 1. The molecule has 0 aliphatic rings. The van der Waals surface area contributed by atoms with E-state index in [1.54, 1.807) is 6.20 Å². The predicted molar refractivity (Wildman–Crippen MR) is 89.9 cm³/mol. The number of methoxy groups -OCH3 is 1. The van der Waals surface area contributed by atoms with Crippen molar-refractivity contribution in [1.82, 2.24) is 4.98 Å². The quantitative estimate of drug-likeness (QED) is 0.925. The molecule has 1 heterocycles. The smallest absolute Gasteiger partial charge is 0.412 e. The van der Waals surface area contributed by atoms with E-state index in [2.05, 4.69) is 10.3 Å². The van der Waals surface area contributed by atoms with Crippen LogP contribution in [-0.2, 0) is 11.2 Å². The molecule has 0 saturated carbocycles. The highest BCUT2D eigenvalue weighted by Crippen LogP contribution is 2.28. The van der Waals surface area contributed by atoms with E-state index in [0.717, 1.165) is 11.1 Å². The molecule has 1 aromatic carbocycles. The Morgan fingerprint density at radius 3 is 2.48 bits per heavy atom. The average Bonchev–Trinajstić information content (AvgIpc) is 2.48. The number of hydrogen-bond donors (Lipinski definition) is 1. The first-order valence-corrected chi connectivity index (χ1v) is 7.45. The van der Waals surface area contributed by atoms with Crippen LogP contribution in [0.5, 0.6) is 5.88 Å². The summed E-state index contributed by atoms with van der Waals surface area (Å²) in [4.78, 5) is 16.2. The molecule has 23 heavy (non-hydrogen) atoms. The maximum Gasteiger partial charge on any atom is 0.412 e. The van der Waals surface area contributed by atoms with Gasteiger partial charge in [-0.1, -0.05) is 30.3 Å². The van der Waals surface area contributed by atoms with Crippen molar-refractivity contribution in [2.45, 2.75) is 32.8 Å². The third kappa shape index (κ3) is 4.98. The highest BCUT2D eigenvalue weighted by Gasteiger charge is 2.19. The summed E-state index contributed by atoms with van der Waals surface area (Å²) in [5.41, 5.74) is 2.01. The maximum atomic E-state index is 12.1. The van der Waals surface area contributed by atoms with Gasteiger partial charge < -0.3 is 9.47 Å². The number of amides is 1. The van der Waals surface area contributed by atoms with Crippen LogP contribution in [-0.4, -0.2) is 23.8 Å². The first-order valence-electron chi connectivity index (χ1n) is 7.45. The van der Waals surface area contributed by atoms with Crippen LogP contribution in [0.4, 0.5) is 10.5 Å². The first kappa shape index (κ1) is 16.8. The van der Waals surface area contributed by atoms with Crippen molar-refractivity contribution in [3.8, 4) is 5.88 Å². The molecule has 0 atom stereocenters. The topological polar surface area (TPSA) is 60.5 Å². The van der Waals surface area contributed by atoms with Crippen molar-refractivity contribution in [3.05, 3.63) is 53.7 Å². The Morgan fingerprint density at radius 2 is 1.87 bits per heavy atom. The molecular weight excluding hydrogens is 292 g/mol. The Bertz CT molecular complexity index is 664. The molecule has 0 aliphatic heterocycles. The molecule has 0 unspecified atom stereocenters. The van der Waals surface area contributed by atoms with Gasteiger partial charge in [-0.25, -0.2) is 9.78 Å². The van der Waals surface area contributed by atoms with Crippen LogP contribution in [0.1, 0.15) is 31.9 Å². The fraction of sp³-hybridized carbons (Fsp3) is 0.333. The number of rotatable bonds is 4. The molecule has 5 nitrogen and oxygen atoms in total. The molecule has 0 aliphatic carbocycles. The zero-order valence-corrected chi connectivity index (χ0v) is 13.9. The molecule has 0 saturated heterocycles. The summed E-state index contributed by atoms with van der Waals surface area (Å²) >= 11 is 0. The monoisotopic (exact) mass is 314 g/mol. The van der Waals surface area contributed by atoms with Gasteiger partial charge in [-0.05, 0) is 44.4 Å². The summed E-state index contributed by atoms with van der Waals surface area (Å²) in [5.74, 6) is 0.365. The lowest BCUT2D eigenvalue weighted by Crippen LogP contribution is -2.27. The van der Waals surface area contributed by atoms with Crippen LogP contribution in [0, 0.1) is 0 Å². The van der Waals surface area contributed by atoms with Crippen LogP contribution in [0.15, 0.2) is 42.6 Å². The van der Waals surface area contributed by atoms with Crippen molar-refractivity contribution in [2.75, 3.05) is 12.4 Å². The summed E-state index contributed by atoms with van der Waals surface area (Å²) in [6.45, 7) is 5.45. The number of aromatic nitrogens is 1. The second kappa shape index (κ2) is 7.13. The van der Waals surface area contributed by atoms with Crippen molar-refractivity contribution < 1.29 is 14.3 Å². The van der Waals surface area contributed by atoms with E-state index >= 15 is 0 Å². The molecule has 0 fully saturated rings. The van der Waals surface area contributed by atoms with Gasteiger partial charge in [0, 0.05) is 6.20 Å². The number of carbonyl (C=O) groups is 1. The summed E-state index contributed by atoms with van der Waals surface area (Å²) in [5, 5.41) is 2.76. The molecule has 1 amide bonds. The third-order valence-corrected chi connectivity index (χ3v) is 3.06. The van der Waals surface area contributed by atoms with Crippen LogP contribution in [0.2, 0.25) is 0 Å².